The Morgan fingerprint density at radius 3 is 2.21 bits per heavy atom. The fourth-order valence-electron chi connectivity index (χ4n) is 2.48. The number of methoxy groups -OCH3 is 2. The van der Waals surface area contributed by atoms with E-state index in [2.05, 4.69) is 5.32 Å². The van der Waals surface area contributed by atoms with E-state index in [1.807, 2.05) is 49.4 Å². The highest BCUT2D eigenvalue weighted by atomic mass is 16.5. The highest BCUT2D eigenvalue weighted by molar-refractivity contribution is 5.92. The lowest BCUT2D eigenvalue weighted by molar-refractivity contribution is -0.116. The molecular weight excluding hydrogens is 306 g/mol. The lowest BCUT2D eigenvalue weighted by atomic mass is 10.1. The Morgan fingerprint density at radius 1 is 0.958 bits per heavy atom. The Labute approximate surface area is 142 Å². The van der Waals surface area contributed by atoms with Gasteiger partial charge in [-0.15, -0.1) is 0 Å². The average molecular weight is 329 g/mol. The van der Waals surface area contributed by atoms with Gasteiger partial charge in [-0.25, -0.2) is 0 Å². The second-order valence-electron chi connectivity index (χ2n) is 5.12. The van der Waals surface area contributed by atoms with Crippen LogP contribution in [0.4, 0.5) is 5.69 Å². The van der Waals surface area contributed by atoms with Gasteiger partial charge in [0, 0.05) is 12.0 Å². The fourth-order valence-corrected chi connectivity index (χ4v) is 2.48. The summed E-state index contributed by atoms with van der Waals surface area (Å²) in [5, 5.41) is 2.89. The van der Waals surface area contributed by atoms with Crippen molar-refractivity contribution in [2.24, 2.45) is 0 Å². The van der Waals surface area contributed by atoms with Crippen LogP contribution in [0.1, 0.15) is 18.9 Å². The van der Waals surface area contributed by atoms with Crippen LogP contribution in [0.5, 0.6) is 17.2 Å². The Balaban J connectivity index is 2.04. The first-order chi connectivity index (χ1) is 11.7. The molecule has 0 fully saturated rings. The maximum Gasteiger partial charge on any atom is 0.224 e. The summed E-state index contributed by atoms with van der Waals surface area (Å²) in [4.78, 5) is 12.3. The lowest BCUT2D eigenvalue weighted by Gasteiger charge is -2.14. The van der Waals surface area contributed by atoms with Gasteiger partial charge in [0.1, 0.15) is 17.2 Å². The van der Waals surface area contributed by atoms with Crippen molar-refractivity contribution in [3.05, 3.63) is 48.0 Å². The van der Waals surface area contributed by atoms with Crippen molar-refractivity contribution in [3.63, 3.8) is 0 Å². The van der Waals surface area contributed by atoms with Gasteiger partial charge in [0.2, 0.25) is 5.91 Å². The van der Waals surface area contributed by atoms with Crippen LogP contribution in [0.3, 0.4) is 0 Å². The second-order valence-corrected chi connectivity index (χ2v) is 5.12. The minimum absolute atomic E-state index is 0.0879. The van der Waals surface area contributed by atoms with Crippen LogP contribution >= 0.6 is 0 Å². The quantitative estimate of drug-likeness (QED) is 0.803. The molecule has 0 heterocycles. The fraction of sp³-hybridized carbons (Fsp3) is 0.316. The molecule has 0 bridgehead atoms. The van der Waals surface area contributed by atoms with Crippen molar-refractivity contribution in [2.45, 2.75) is 19.8 Å². The number of rotatable bonds is 8. The van der Waals surface area contributed by atoms with Crippen LogP contribution in [0.25, 0.3) is 0 Å². The van der Waals surface area contributed by atoms with Gasteiger partial charge < -0.3 is 19.5 Å². The molecule has 0 radical (unpaired) electrons. The first-order valence-corrected chi connectivity index (χ1v) is 7.91. The van der Waals surface area contributed by atoms with Crippen LogP contribution in [0.15, 0.2) is 42.5 Å². The van der Waals surface area contributed by atoms with Crippen LogP contribution in [-0.2, 0) is 11.2 Å². The third-order valence-corrected chi connectivity index (χ3v) is 3.59. The number of ether oxygens (including phenoxy) is 3. The molecule has 2 aromatic rings. The van der Waals surface area contributed by atoms with E-state index in [-0.39, 0.29) is 5.91 Å². The third kappa shape index (κ3) is 4.41. The van der Waals surface area contributed by atoms with Crippen molar-refractivity contribution in [2.75, 3.05) is 26.1 Å². The molecule has 0 aliphatic carbocycles. The molecule has 2 aromatic carbocycles. The number of hydrogen-bond donors (Lipinski definition) is 1. The maximum atomic E-state index is 12.3. The van der Waals surface area contributed by atoms with Crippen molar-refractivity contribution in [3.8, 4) is 17.2 Å². The zero-order valence-corrected chi connectivity index (χ0v) is 14.3. The highest BCUT2D eigenvalue weighted by Gasteiger charge is 2.13. The van der Waals surface area contributed by atoms with Gasteiger partial charge in [0.05, 0.1) is 26.5 Å². The molecule has 0 unspecified atom stereocenters. The molecular formula is C19H23NO4. The molecule has 0 aliphatic rings. The molecule has 0 aromatic heterocycles. The van der Waals surface area contributed by atoms with E-state index < -0.39 is 0 Å². The van der Waals surface area contributed by atoms with E-state index in [4.69, 9.17) is 14.2 Å². The number of amides is 1. The molecule has 2 rings (SSSR count). The topological polar surface area (TPSA) is 56.8 Å². The summed E-state index contributed by atoms with van der Waals surface area (Å²) in [6.07, 6.45) is 0.840. The van der Waals surface area contributed by atoms with Crippen molar-refractivity contribution < 1.29 is 19.0 Å². The molecule has 5 nitrogen and oxygen atoms in total. The largest absolute Gasteiger partial charge is 0.496 e. The Hall–Kier alpha value is -2.69. The SMILES string of the molecule is CCOc1ccccc1NC(=O)CCc1c(OC)cccc1OC. The molecule has 0 atom stereocenters. The first kappa shape index (κ1) is 17.7. The predicted octanol–water partition coefficient (Wildman–Crippen LogP) is 3.67. The Bertz CT molecular complexity index is 663. The second kappa shape index (κ2) is 8.82. The number of anilines is 1. The third-order valence-electron chi connectivity index (χ3n) is 3.59. The minimum Gasteiger partial charge on any atom is -0.496 e. The van der Waals surface area contributed by atoms with E-state index in [1.165, 1.54) is 0 Å². The van der Waals surface area contributed by atoms with Gasteiger partial charge in [0.25, 0.3) is 0 Å². The van der Waals surface area contributed by atoms with Gasteiger partial charge in [-0.2, -0.15) is 0 Å². The Morgan fingerprint density at radius 2 is 1.58 bits per heavy atom. The molecule has 24 heavy (non-hydrogen) atoms. The number of benzene rings is 2. The Kier molecular flexibility index (Phi) is 6.49. The molecule has 128 valence electrons. The number of nitrogens with one attached hydrogen (secondary N) is 1. The number of carbonyl (C=O) groups excluding carboxylic acids is 1. The molecule has 0 spiro atoms. The number of para-hydroxylation sites is 2. The van der Waals surface area contributed by atoms with Crippen LogP contribution in [0.2, 0.25) is 0 Å². The van der Waals surface area contributed by atoms with Crippen LogP contribution in [-0.4, -0.2) is 26.7 Å². The van der Waals surface area contributed by atoms with E-state index in [0.717, 1.165) is 17.1 Å². The molecule has 0 saturated heterocycles. The number of carbonyl (C=O) groups is 1. The van der Waals surface area contributed by atoms with Crippen molar-refractivity contribution in [1.82, 2.24) is 0 Å². The molecule has 0 aliphatic heterocycles. The average Bonchev–Trinajstić information content (AvgIpc) is 2.61. The summed E-state index contributed by atoms with van der Waals surface area (Å²) in [6.45, 7) is 2.46. The van der Waals surface area contributed by atoms with Gasteiger partial charge in [0.15, 0.2) is 0 Å². The maximum absolute atomic E-state index is 12.3. The predicted molar refractivity (Wildman–Crippen MR) is 94.1 cm³/mol. The van der Waals surface area contributed by atoms with Crippen LogP contribution < -0.4 is 19.5 Å². The summed E-state index contributed by atoms with van der Waals surface area (Å²) < 4.78 is 16.2. The van der Waals surface area contributed by atoms with Gasteiger partial charge in [-0.05, 0) is 37.6 Å². The zero-order chi connectivity index (χ0) is 17.4. The molecule has 1 amide bonds. The molecule has 1 N–H and O–H groups in total. The summed E-state index contributed by atoms with van der Waals surface area (Å²) >= 11 is 0. The zero-order valence-electron chi connectivity index (χ0n) is 14.3. The summed E-state index contributed by atoms with van der Waals surface area (Å²) in [5.74, 6) is 2.02. The van der Waals surface area contributed by atoms with E-state index in [0.29, 0.717) is 30.9 Å². The van der Waals surface area contributed by atoms with Gasteiger partial charge in [-0.3, -0.25) is 4.79 Å². The smallest absolute Gasteiger partial charge is 0.224 e. The van der Waals surface area contributed by atoms with Crippen molar-refractivity contribution >= 4 is 11.6 Å². The standard InChI is InChI=1S/C19H23NO4/c1-4-24-18-9-6-5-8-15(18)20-19(21)13-12-14-16(22-2)10-7-11-17(14)23-3/h5-11H,4,12-13H2,1-3H3,(H,20,21). The molecule has 5 heteroatoms. The van der Waals surface area contributed by atoms with Crippen molar-refractivity contribution in [1.29, 1.82) is 0 Å². The monoisotopic (exact) mass is 329 g/mol. The lowest BCUT2D eigenvalue weighted by Crippen LogP contribution is -2.14. The van der Waals surface area contributed by atoms with E-state index >= 15 is 0 Å². The van der Waals surface area contributed by atoms with Gasteiger partial charge >= 0.3 is 0 Å². The summed E-state index contributed by atoms with van der Waals surface area (Å²) in [7, 11) is 3.22. The first-order valence-electron chi connectivity index (χ1n) is 7.91. The minimum atomic E-state index is -0.0879. The summed E-state index contributed by atoms with van der Waals surface area (Å²) in [6, 6.07) is 13.0. The van der Waals surface area contributed by atoms with E-state index in [1.54, 1.807) is 14.2 Å². The summed E-state index contributed by atoms with van der Waals surface area (Å²) in [5.41, 5.74) is 1.56. The van der Waals surface area contributed by atoms with Gasteiger partial charge in [-0.1, -0.05) is 18.2 Å². The van der Waals surface area contributed by atoms with E-state index in [9.17, 15) is 4.79 Å². The van der Waals surface area contributed by atoms with Crippen LogP contribution in [0, 0.1) is 0 Å². The number of hydrogen-bond acceptors (Lipinski definition) is 4. The molecule has 0 saturated carbocycles. The normalized spacial score (nSPS) is 10.1. The highest BCUT2D eigenvalue weighted by Crippen LogP contribution is 2.30.